The van der Waals surface area contributed by atoms with Gasteiger partial charge in [-0.3, -0.25) is 18.7 Å². The zero-order valence-electron chi connectivity index (χ0n) is 14.0. The van der Waals surface area contributed by atoms with Crippen LogP contribution in [-0.2, 0) is 13.1 Å². The highest BCUT2D eigenvalue weighted by molar-refractivity contribution is 4.96. The molecule has 0 aliphatic carbocycles. The van der Waals surface area contributed by atoms with Crippen LogP contribution in [0.1, 0.15) is 18.5 Å². The van der Waals surface area contributed by atoms with Crippen LogP contribution >= 0.6 is 0 Å². The standard InChI is InChI=1S/C17H23N5O2/c1-14-10-17(24)21(13-19-14)9-8-20-6-3-15(4-7-20)11-22-12-18-5-2-16(22)23/h2,5,10,12-13,15H,3-4,6-9,11H2,1H3. The third-order valence-corrected chi connectivity index (χ3v) is 4.63. The molecule has 1 aliphatic rings. The highest BCUT2D eigenvalue weighted by Crippen LogP contribution is 2.18. The topological polar surface area (TPSA) is 73.0 Å². The first-order valence-electron chi connectivity index (χ1n) is 8.38. The van der Waals surface area contributed by atoms with E-state index in [0.29, 0.717) is 12.5 Å². The third-order valence-electron chi connectivity index (χ3n) is 4.63. The monoisotopic (exact) mass is 329 g/mol. The van der Waals surface area contributed by atoms with Crippen LogP contribution < -0.4 is 11.1 Å². The van der Waals surface area contributed by atoms with Crippen LogP contribution in [0.2, 0.25) is 0 Å². The van der Waals surface area contributed by atoms with Crippen molar-refractivity contribution >= 4 is 0 Å². The maximum absolute atomic E-state index is 11.9. The fraction of sp³-hybridized carbons (Fsp3) is 0.529. The number of likely N-dealkylation sites (tertiary alicyclic amines) is 1. The lowest BCUT2D eigenvalue weighted by Crippen LogP contribution is -2.38. The summed E-state index contributed by atoms with van der Waals surface area (Å²) in [5, 5.41) is 0. The summed E-state index contributed by atoms with van der Waals surface area (Å²) in [7, 11) is 0. The van der Waals surface area contributed by atoms with E-state index < -0.39 is 0 Å². The number of nitrogens with zero attached hydrogens (tertiary/aromatic N) is 5. The Morgan fingerprint density at radius 1 is 1.08 bits per heavy atom. The zero-order valence-corrected chi connectivity index (χ0v) is 14.0. The summed E-state index contributed by atoms with van der Waals surface area (Å²) in [4.78, 5) is 34.2. The van der Waals surface area contributed by atoms with Gasteiger partial charge in [0.2, 0.25) is 0 Å². The summed E-state index contributed by atoms with van der Waals surface area (Å²) in [5.74, 6) is 0.506. The molecule has 1 fully saturated rings. The third kappa shape index (κ3) is 4.17. The summed E-state index contributed by atoms with van der Waals surface area (Å²) in [6.45, 7) is 6.07. The molecule has 3 heterocycles. The molecule has 1 aliphatic heterocycles. The molecule has 0 amide bonds. The van der Waals surface area contributed by atoms with E-state index in [2.05, 4.69) is 14.9 Å². The summed E-state index contributed by atoms with van der Waals surface area (Å²) in [6.07, 6.45) is 6.89. The molecule has 0 radical (unpaired) electrons. The Kier molecular flexibility index (Phi) is 5.20. The fourth-order valence-electron chi connectivity index (χ4n) is 3.12. The number of aryl methyl sites for hydroxylation is 1. The lowest BCUT2D eigenvalue weighted by Gasteiger charge is -2.32. The molecule has 0 atom stereocenters. The van der Waals surface area contributed by atoms with E-state index in [1.54, 1.807) is 27.9 Å². The van der Waals surface area contributed by atoms with Crippen LogP contribution in [0.25, 0.3) is 0 Å². The van der Waals surface area contributed by atoms with Crippen LogP contribution in [-0.4, -0.2) is 43.6 Å². The van der Waals surface area contributed by atoms with Crippen molar-refractivity contribution in [3.63, 3.8) is 0 Å². The van der Waals surface area contributed by atoms with Crippen molar-refractivity contribution < 1.29 is 0 Å². The largest absolute Gasteiger partial charge is 0.302 e. The van der Waals surface area contributed by atoms with Gasteiger partial charge in [-0.05, 0) is 38.8 Å². The first kappa shape index (κ1) is 16.6. The van der Waals surface area contributed by atoms with Gasteiger partial charge in [-0.1, -0.05) is 0 Å². The van der Waals surface area contributed by atoms with Gasteiger partial charge >= 0.3 is 0 Å². The highest BCUT2D eigenvalue weighted by atomic mass is 16.1. The molecule has 7 heteroatoms. The predicted molar refractivity (Wildman–Crippen MR) is 90.9 cm³/mol. The van der Waals surface area contributed by atoms with Gasteiger partial charge in [-0.25, -0.2) is 9.97 Å². The Balaban J connectivity index is 1.48. The van der Waals surface area contributed by atoms with Crippen molar-refractivity contribution in [3.05, 3.63) is 57.4 Å². The van der Waals surface area contributed by atoms with Gasteiger partial charge in [0.15, 0.2) is 0 Å². The van der Waals surface area contributed by atoms with Gasteiger partial charge in [0.1, 0.15) is 0 Å². The smallest absolute Gasteiger partial charge is 0.253 e. The first-order valence-corrected chi connectivity index (χ1v) is 8.38. The number of piperidine rings is 1. The van der Waals surface area contributed by atoms with Crippen LogP contribution in [0.5, 0.6) is 0 Å². The zero-order chi connectivity index (χ0) is 16.9. The predicted octanol–water partition coefficient (Wildman–Crippen LogP) is 0.521. The van der Waals surface area contributed by atoms with Crippen molar-refractivity contribution in [3.8, 4) is 0 Å². The average molecular weight is 329 g/mol. The van der Waals surface area contributed by atoms with Crippen LogP contribution in [0.3, 0.4) is 0 Å². The summed E-state index contributed by atoms with van der Waals surface area (Å²) in [6, 6.07) is 3.07. The Labute approximate surface area is 140 Å². The molecule has 0 unspecified atom stereocenters. The normalized spacial score (nSPS) is 16.4. The van der Waals surface area contributed by atoms with E-state index in [4.69, 9.17) is 0 Å². The maximum atomic E-state index is 11.9. The molecule has 0 saturated carbocycles. The highest BCUT2D eigenvalue weighted by Gasteiger charge is 2.19. The van der Waals surface area contributed by atoms with E-state index in [1.165, 1.54) is 12.3 Å². The van der Waals surface area contributed by atoms with Gasteiger partial charge in [-0.15, -0.1) is 0 Å². The van der Waals surface area contributed by atoms with E-state index in [-0.39, 0.29) is 11.1 Å². The van der Waals surface area contributed by atoms with E-state index >= 15 is 0 Å². The second-order valence-corrected chi connectivity index (χ2v) is 6.42. The van der Waals surface area contributed by atoms with E-state index in [1.807, 2.05) is 6.92 Å². The van der Waals surface area contributed by atoms with Gasteiger partial charge in [0.05, 0.1) is 12.7 Å². The molecular formula is C17H23N5O2. The molecule has 0 spiro atoms. The van der Waals surface area contributed by atoms with Crippen LogP contribution in [0.15, 0.2) is 40.6 Å². The maximum Gasteiger partial charge on any atom is 0.253 e. The Morgan fingerprint density at radius 3 is 2.58 bits per heavy atom. The van der Waals surface area contributed by atoms with Gasteiger partial charge < -0.3 is 4.90 Å². The summed E-state index contributed by atoms with van der Waals surface area (Å²) >= 11 is 0. The number of hydrogen-bond acceptors (Lipinski definition) is 5. The second kappa shape index (κ2) is 7.53. The van der Waals surface area contributed by atoms with Gasteiger partial charge in [0, 0.05) is 43.7 Å². The van der Waals surface area contributed by atoms with Crippen molar-refractivity contribution in [1.82, 2.24) is 24.0 Å². The molecule has 7 nitrogen and oxygen atoms in total. The van der Waals surface area contributed by atoms with E-state index in [9.17, 15) is 9.59 Å². The molecule has 24 heavy (non-hydrogen) atoms. The minimum atomic E-state index is 0.00772. The lowest BCUT2D eigenvalue weighted by atomic mass is 9.97. The van der Waals surface area contributed by atoms with Crippen molar-refractivity contribution in [2.45, 2.75) is 32.9 Å². The number of rotatable bonds is 5. The fourth-order valence-corrected chi connectivity index (χ4v) is 3.12. The average Bonchev–Trinajstić information content (AvgIpc) is 2.57. The van der Waals surface area contributed by atoms with E-state index in [0.717, 1.165) is 44.7 Å². The molecule has 0 bridgehead atoms. The SMILES string of the molecule is Cc1cc(=O)n(CCN2CCC(Cn3cnccc3=O)CC2)cn1. The molecule has 3 rings (SSSR count). The molecule has 1 saturated heterocycles. The molecule has 0 aromatic carbocycles. The number of aromatic nitrogens is 4. The number of hydrogen-bond donors (Lipinski definition) is 0. The molecule has 128 valence electrons. The summed E-state index contributed by atoms with van der Waals surface area (Å²) in [5.41, 5.74) is 0.773. The Hall–Kier alpha value is -2.28. The van der Waals surface area contributed by atoms with Gasteiger partial charge in [-0.2, -0.15) is 0 Å². The second-order valence-electron chi connectivity index (χ2n) is 6.42. The van der Waals surface area contributed by atoms with Gasteiger partial charge in [0.25, 0.3) is 11.1 Å². The molecule has 2 aromatic rings. The minimum absolute atomic E-state index is 0.00772. The van der Waals surface area contributed by atoms with Crippen molar-refractivity contribution in [1.29, 1.82) is 0 Å². The molecule has 2 aromatic heterocycles. The Morgan fingerprint density at radius 2 is 1.88 bits per heavy atom. The summed E-state index contributed by atoms with van der Waals surface area (Å²) < 4.78 is 3.35. The quantitative estimate of drug-likeness (QED) is 0.800. The minimum Gasteiger partial charge on any atom is -0.302 e. The molecule has 0 N–H and O–H groups in total. The van der Waals surface area contributed by atoms with Crippen molar-refractivity contribution in [2.24, 2.45) is 5.92 Å². The van der Waals surface area contributed by atoms with Crippen molar-refractivity contribution in [2.75, 3.05) is 19.6 Å². The Bertz CT molecular complexity index is 790. The molecular weight excluding hydrogens is 306 g/mol. The first-order chi connectivity index (χ1) is 11.6. The van der Waals surface area contributed by atoms with Crippen LogP contribution in [0, 0.1) is 12.8 Å². The van der Waals surface area contributed by atoms with Crippen LogP contribution in [0.4, 0.5) is 0 Å². The lowest BCUT2D eigenvalue weighted by molar-refractivity contribution is 0.167.